The summed E-state index contributed by atoms with van der Waals surface area (Å²) in [6.07, 6.45) is 1.80. The van der Waals surface area contributed by atoms with Gasteiger partial charge in [-0.05, 0) is 55.8 Å². The minimum Gasteiger partial charge on any atom is -0.497 e. The number of fused-ring (bicyclic) bond motifs is 1. The average Bonchev–Trinajstić information content (AvgIpc) is 3.17. The Hall–Kier alpha value is -3.85. The van der Waals surface area contributed by atoms with Crippen LogP contribution >= 0.6 is 11.3 Å². The fourth-order valence-electron chi connectivity index (χ4n) is 3.99. The van der Waals surface area contributed by atoms with E-state index < -0.39 is 12.0 Å². The Balaban J connectivity index is 1.98. The number of methoxy groups -OCH3 is 3. The maximum atomic E-state index is 13.7. The van der Waals surface area contributed by atoms with Crippen molar-refractivity contribution in [2.24, 2.45) is 4.99 Å². The minimum atomic E-state index is -0.798. The monoisotopic (exact) mass is 494 g/mol. The van der Waals surface area contributed by atoms with Crippen molar-refractivity contribution in [2.75, 3.05) is 27.9 Å². The summed E-state index contributed by atoms with van der Waals surface area (Å²) in [5, 5.41) is 0. The molecule has 1 unspecified atom stereocenters. The third kappa shape index (κ3) is 4.59. The summed E-state index contributed by atoms with van der Waals surface area (Å²) < 4.78 is 23.6. The van der Waals surface area contributed by atoms with E-state index in [2.05, 4.69) is 4.99 Å². The Labute approximate surface area is 206 Å². The van der Waals surface area contributed by atoms with Crippen LogP contribution in [-0.2, 0) is 9.53 Å². The second kappa shape index (κ2) is 10.2. The van der Waals surface area contributed by atoms with E-state index in [1.807, 2.05) is 24.3 Å². The number of carbonyl (C=O) groups excluding carboxylic acids is 1. The number of hydrogen-bond acceptors (Lipinski definition) is 8. The first-order valence-electron chi connectivity index (χ1n) is 11.0. The lowest BCUT2D eigenvalue weighted by molar-refractivity contribution is -0.139. The first kappa shape index (κ1) is 24.3. The molecule has 2 aromatic carbocycles. The van der Waals surface area contributed by atoms with E-state index in [0.29, 0.717) is 32.1 Å². The van der Waals surface area contributed by atoms with Crippen LogP contribution in [0.5, 0.6) is 17.2 Å². The second-order valence-electron chi connectivity index (χ2n) is 7.68. The zero-order valence-corrected chi connectivity index (χ0v) is 21.0. The molecule has 1 aliphatic rings. The molecule has 9 heteroatoms. The lowest BCUT2D eigenvalue weighted by atomic mass is 9.94. The van der Waals surface area contributed by atoms with Crippen molar-refractivity contribution in [2.45, 2.75) is 19.9 Å². The van der Waals surface area contributed by atoms with E-state index in [1.54, 1.807) is 59.5 Å². The van der Waals surface area contributed by atoms with Gasteiger partial charge in [-0.2, -0.15) is 0 Å². The lowest BCUT2D eigenvalue weighted by Gasteiger charge is -2.26. The molecule has 0 aliphatic carbocycles. The normalized spacial score (nSPS) is 15.3. The molecule has 0 bridgehead atoms. The van der Waals surface area contributed by atoms with Crippen molar-refractivity contribution in [3.05, 3.63) is 84.5 Å². The largest absolute Gasteiger partial charge is 0.497 e. The molecule has 0 N–H and O–H groups in total. The van der Waals surface area contributed by atoms with Crippen molar-refractivity contribution in [3.63, 3.8) is 0 Å². The smallest absolute Gasteiger partial charge is 0.338 e. The third-order valence-corrected chi connectivity index (χ3v) is 6.64. The maximum Gasteiger partial charge on any atom is 0.338 e. The molecule has 1 aliphatic heterocycles. The molecule has 182 valence electrons. The number of aromatic nitrogens is 1. The molecule has 0 radical (unpaired) electrons. The van der Waals surface area contributed by atoms with Crippen LogP contribution in [0.25, 0.3) is 6.08 Å². The molecule has 2 heterocycles. The molecule has 35 heavy (non-hydrogen) atoms. The first-order valence-corrected chi connectivity index (χ1v) is 11.8. The van der Waals surface area contributed by atoms with Crippen molar-refractivity contribution < 1.29 is 23.7 Å². The molecular formula is C26H26N2O6S. The molecule has 0 saturated heterocycles. The molecule has 1 aromatic heterocycles. The lowest BCUT2D eigenvalue weighted by Crippen LogP contribution is -2.40. The number of benzene rings is 2. The Kier molecular flexibility index (Phi) is 7.07. The van der Waals surface area contributed by atoms with Crippen LogP contribution < -0.4 is 29.1 Å². The van der Waals surface area contributed by atoms with Gasteiger partial charge in [0.15, 0.2) is 4.80 Å². The molecular weight excluding hydrogens is 468 g/mol. The highest BCUT2D eigenvalue weighted by Gasteiger charge is 2.35. The number of carbonyl (C=O) groups is 1. The fourth-order valence-corrected chi connectivity index (χ4v) is 5.04. The standard InChI is InChI=1S/C26H26N2O6S/c1-6-34-25(30)22-15(2)27-26-28(23(22)19-14-18(32-4)11-12-20(19)33-5)24(29)21(35-26)13-16-7-9-17(31-3)10-8-16/h7-14,23H,6H2,1-5H3/b21-13-. The fraction of sp³-hybridized carbons (Fsp3) is 0.269. The van der Waals surface area contributed by atoms with Crippen LogP contribution in [0.3, 0.4) is 0 Å². The number of hydrogen-bond donors (Lipinski definition) is 0. The predicted octanol–water partition coefficient (Wildman–Crippen LogP) is 2.82. The van der Waals surface area contributed by atoms with Gasteiger partial charge in [-0.3, -0.25) is 9.36 Å². The molecule has 3 aromatic rings. The van der Waals surface area contributed by atoms with Gasteiger partial charge >= 0.3 is 5.97 Å². The van der Waals surface area contributed by atoms with E-state index in [9.17, 15) is 9.59 Å². The van der Waals surface area contributed by atoms with Gasteiger partial charge in [0.05, 0.1) is 43.7 Å². The number of thiazole rings is 1. The molecule has 0 saturated carbocycles. The first-order chi connectivity index (χ1) is 16.9. The van der Waals surface area contributed by atoms with Gasteiger partial charge in [-0.15, -0.1) is 0 Å². The van der Waals surface area contributed by atoms with Gasteiger partial charge in [0.2, 0.25) is 0 Å². The zero-order valence-electron chi connectivity index (χ0n) is 20.2. The average molecular weight is 495 g/mol. The van der Waals surface area contributed by atoms with E-state index >= 15 is 0 Å². The quantitative estimate of drug-likeness (QED) is 0.470. The number of esters is 1. The van der Waals surface area contributed by atoms with Crippen LogP contribution in [0.4, 0.5) is 0 Å². The van der Waals surface area contributed by atoms with Crippen molar-refractivity contribution in [1.82, 2.24) is 4.57 Å². The predicted molar refractivity (Wildman–Crippen MR) is 133 cm³/mol. The van der Waals surface area contributed by atoms with Crippen molar-refractivity contribution in [3.8, 4) is 17.2 Å². The Morgan fingerprint density at radius 2 is 1.74 bits per heavy atom. The summed E-state index contributed by atoms with van der Waals surface area (Å²) in [7, 11) is 4.70. The topological polar surface area (TPSA) is 88.4 Å². The number of ether oxygens (including phenoxy) is 4. The summed E-state index contributed by atoms with van der Waals surface area (Å²) in [6.45, 7) is 3.67. The van der Waals surface area contributed by atoms with Crippen LogP contribution in [0.2, 0.25) is 0 Å². The highest BCUT2D eigenvalue weighted by atomic mass is 32.1. The summed E-state index contributed by atoms with van der Waals surface area (Å²) in [4.78, 5) is 31.9. The summed E-state index contributed by atoms with van der Waals surface area (Å²) in [6, 6.07) is 11.9. The summed E-state index contributed by atoms with van der Waals surface area (Å²) in [5.74, 6) is 1.27. The van der Waals surface area contributed by atoms with Gasteiger partial charge < -0.3 is 18.9 Å². The van der Waals surface area contributed by atoms with Gasteiger partial charge in [0.1, 0.15) is 23.3 Å². The van der Waals surface area contributed by atoms with E-state index in [0.717, 1.165) is 11.3 Å². The van der Waals surface area contributed by atoms with E-state index in [-0.39, 0.29) is 17.7 Å². The molecule has 0 fully saturated rings. The van der Waals surface area contributed by atoms with Crippen LogP contribution in [0, 0.1) is 0 Å². The molecule has 8 nitrogen and oxygen atoms in total. The van der Waals surface area contributed by atoms with Crippen molar-refractivity contribution >= 4 is 23.4 Å². The van der Waals surface area contributed by atoms with Gasteiger partial charge in [-0.25, -0.2) is 9.79 Å². The van der Waals surface area contributed by atoms with Crippen molar-refractivity contribution in [1.29, 1.82) is 0 Å². The van der Waals surface area contributed by atoms with Gasteiger partial charge in [0, 0.05) is 5.56 Å². The summed E-state index contributed by atoms with van der Waals surface area (Å²) in [5.41, 5.74) is 1.93. The van der Waals surface area contributed by atoms with Gasteiger partial charge in [-0.1, -0.05) is 23.5 Å². The zero-order chi connectivity index (χ0) is 25.1. The highest BCUT2D eigenvalue weighted by molar-refractivity contribution is 7.07. The molecule has 1 atom stereocenters. The van der Waals surface area contributed by atoms with E-state index in [1.165, 1.54) is 15.9 Å². The maximum absolute atomic E-state index is 13.7. The molecule has 0 spiro atoms. The Morgan fingerprint density at radius 3 is 2.37 bits per heavy atom. The van der Waals surface area contributed by atoms with Crippen LogP contribution in [0.1, 0.15) is 31.0 Å². The molecule has 4 rings (SSSR count). The number of nitrogens with zero attached hydrogens (tertiary/aromatic N) is 2. The summed E-state index contributed by atoms with van der Waals surface area (Å²) >= 11 is 1.26. The SMILES string of the molecule is CCOC(=O)C1=C(C)N=c2s/c(=C\c3ccc(OC)cc3)c(=O)n2C1c1cc(OC)ccc1OC. The molecule has 0 amide bonds. The highest BCUT2D eigenvalue weighted by Crippen LogP contribution is 2.37. The Bertz CT molecular complexity index is 1470. The minimum absolute atomic E-state index is 0.194. The van der Waals surface area contributed by atoms with Crippen LogP contribution in [-0.4, -0.2) is 38.5 Å². The number of allylic oxidation sites excluding steroid dienone is 1. The van der Waals surface area contributed by atoms with Gasteiger partial charge in [0.25, 0.3) is 5.56 Å². The Morgan fingerprint density at radius 1 is 1.06 bits per heavy atom. The van der Waals surface area contributed by atoms with Crippen LogP contribution in [0.15, 0.2) is 63.5 Å². The third-order valence-electron chi connectivity index (χ3n) is 5.66. The second-order valence-corrected chi connectivity index (χ2v) is 8.69. The number of rotatable bonds is 7. The van der Waals surface area contributed by atoms with E-state index in [4.69, 9.17) is 18.9 Å².